The zero-order valence-corrected chi connectivity index (χ0v) is 12.0. The van der Waals surface area contributed by atoms with Crippen LogP contribution in [0.5, 0.6) is 0 Å². The Balaban J connectivity index is 2.22. The highest BCUT2D eigenvalue weighted by Gasteiger charge is 2.33. The lowest BCUT2D eigenvalue weighted by Crippen LogP contribution is -2.28. The second kappa shape index (κ2) is 4.62. The summed E-state index contributed by atoms with van der Waals surface area (Å²) in [6, 6.07) is 5.28. The third-order valence-electron chi connectivity index (χ3n) is 4.51. The smallest absolute Gasteiger partial charge is 0.335 e. The molecule has 1 aromatic heterocycles. The molecule has 4 heteroatoms. The van der Waals surface area contributed by atoms with Gasteiger partial charge >= 0.3 is 5.97 Å². The topological polar surface area (TPSA) is 55.1 Å². The first-order valence-corrected chi connectivity index (χ1v) is 7.30. The first-order chi connectivity index (χ1) is 9.55. The molecule has 1 aliphatic rings. The average Bonchev–Trinajstić information content (AvgIpc) is 3.01. The normalized spacial score (nSPS) is 17.7. The van der Waals surface area contributed by atoms with E-state index in [0.717, 1.165) is 23.3 Å². The zero-order chi connectivity index (χ0) is 14.3. The van der Waals surface area contributed by atoms with Crippen LogP contribution in [0, 0.1) is 0 Å². The summed E-state index contributed by atoms with van der Waals surface area (Å²) in [7, 11) is 0. The van der Waals surface area contributed by atoms with Crippen LogP contribution in [0.3, 0.4) is 0 Å². The predicted octanol–water partition coefficient (Wildman–Crippen LogP) is 3.59. The fraction of sp³-hybridized carbons (Fsp3) is 0.500. The monoisotopic (exact) mass is 272 g/mol. The lowest BCUT2D eigenvalue weighted by Gasteiger charge is -2.28. The zero-order valence-electron chi connectivity index (χ0n) is 12.0. The molecule has 0 radical (unpaired) electrons. The minimum Gasteiger partial charge on any atom is -0.478 e. The molecule has 3 rings (SSSR count). The lowest BCUT2D eigenvalue weighted by atomic mass is 9.99. The summed E-state index contributed by atoms with van der Waals surface area (Å²) in [5.74, 6) is 0.165. The number of aromatic nitrogens is 2. The van der Waals surface area contributed by atoms with E-state index in [1.54, 1.807) is 12.1 Å². The highest BCUT2D eigenvalue weighted by atomic mass is 16.4. The second-order valence-corrected chi connectivity index (χ2v) is 5.93. The van der Waals surface area contributed by atoms with Crippen molar-refractivity contribution in [2.45, 2.75) is 51.5 Å². The first-order valence-electron chi connectivity index (χ1n) is 7.30. The van der Waals surface area contributed by atoms with E-state index in [1.807, 2.05) is 6.07 Å². The van der Waals surface area contributed by atoms with Gasteiger partial charge < -0.3 is 9.67 Å². The molecule has 0 spiro atoms. The Hall–Kier alpha value is -1.84. The van der Waals surface area contributed by atoms with Crippen LogP contribution >= 0.6 is 0 Å². The highest BCUT2D eigenvalue weighted by Crippen LogP contribution is 2.39. The molecular formula is C16H20N2O2. The summed E-state index contributed by atoms with van der Waals surface area (Å²) < 4.78 is 2.35. The Morgan fingerprint density at radius 2 is 2.10 bits per heavy atom. The van der Waals surface area contributed by atoms with Crippen molar-refractivity contribution < 1.29 is 9.90 Å². The van der Waals surface area contributed by atoms with Crippen molar-refractivity contribution in [2.75, 3.05) is 0 Å². The molecule has 0 bridgehead atoms. The van der Waals surface area contributed by atoms with E-state index >= 15 is 0 Å². The van der Waals surface area contributed by atoms with Crippen LogP contribution in [0.15, 0.2) is 18.2 Å². The first kappa shape index (κ1) is 13.2. The van der Waals surface area contributed by atoms with Gasteiger partial charge in [-0.05, 0) is 38.0 Å². The number of hydrogen-bond acceptors (Lipinski definition) is 2. The van der Waals surface area contributed by atoms with E-state index in [4.69, 9.17) is 5.11 Å². The maximum Gasteiger partial charge on any atom is 0.335 e. The fourth-order valence-corrected chi connectivity index (χ4v) is 3.46. The van der Waals surface area contributed by atoms with E-state index in [2.05, 4.69) is 23.4 Å². The third-order valence-corrected chi connectivity index (χ3v) is 4.51. The lowest BCUT2D eigenvalue weighted by molar-refractivity contribution is 0.0697. The second-order valence-electron chi connectivity index (χ2n) is 5.93. The average molecular weight is 272 g/mol. The number of imidazole rings is 1. The quantitative estimate of drug-likeness (QED) is 0.929. The maximum atomic E-state index is 11.1. The van der Waals surface area contributed by atoms with Gasteiger partial charge in [-0.1, -0.05) is 19.8 Å². The molecule has 0 atom stereocenters. The summed E-state index contributed by atoms with van der Waals surface area (Å²) in [6.45, 7) is 4.40. The fourth-order valence-electron chi connectivity index (χ4n) is 3.46. The minimum absolute atomic E-state index is 0.130. The van der Waals surface area contributed by atoms with Gasteiger partial charge in [-0.25, -0.2) is 9.78 Å². The molecule has 20 heavy (non-hydrogen) atoms. The van der Waals surface area contributed by atoms with Gasteiger partial charge in [0.1, 0.15) is 5.82 Å². The Labute approximate surface area is 118 Å². The Morgan fingerprint density at radius 3 is 2.70 bits per heavy atom. The van der Waals surface area contributed by atoms with Crippen LogP contribution in [-0.4, -0.2) is 20.6 Å². The van der Waals surface area contributed by atoms with Gasteiger partial charge in [-0.3, -0.25) is 0 Å². The summed E-state index contributed by atoms with van der Waals surface area (Å²) in [4.78, 5) is 15.8. The third kappa shape index (κ3) is 1.90. The number of carboxylic acids is 1. The molecule has 1 aliphatic carbocycles. The van der Waals surface area contributed by atoms with Crippen molar-refractivity contribution in [3.63, 3.8) is 0 Å². The molecule has 0 saturated heterocycles. The van der Waals surface area contributed by atoms with E-state index < -0.39 is 5.97 Å². The number of hydrogen-bond donors (Lipinski definition) is 1. The van der Waals surface area contributed by atoms with Gasteiger partial charge in [0.2, 0.25) is 0 Å². The molecule has 0 aliphatic heterocycles. The highest BCUT2D eigenvalue weighted by molar-refractivity contribution is 5.92. The predicted molar refractivity (Wildman–Crippen MR) is 78.2 cm³/mol. The van der Waals surface area contributed by atoms with Crippen LogP contribution in [0.2, 0.25) is 0 Å². The van der Waals surface area contributed by atoms with Gasteiger partial charge in [0.25, 0.3) is 0 Å². The Bertz CT molecular complexity index is 666. The van der Waals surface area contributed by atoms with Crippen LogP contribution in [0.4, 0.5) is 0 Å². The van der Waals surface area contributed by atoms with Crippen LogP contribution in [-0.2, 0) is 12.0 Å². The van der Waals surface area contributed by atoms with E-state index in [1.165, 1.54) is 25.7 Å². The van der Waals surface area contributed by atoms with E-state index in [-0.39, 0.29) is 5.54 Å². The standard InChI is InChI=1S/C16H20N2O2/c1-3-14-17-12-10-11(15(19)20)6-7-13(12)18(14)16(2)8-4-5-9-16/h6-7,10H,3-5,8-9H2,1-2H3,(H,19,20). The SMILES string of the molecule is CCc1nc2cc(C(=O)O)ccc2n1C1(C)CCCC1. The van der Waals surface area contributed by atoms with Crippen molar-refractivity contribution in [1.29, 1.82) is 0 Å². The molecule has 0 unspecified atom stereocenters. The van der Waals surface area contributed by atoms with Crippen molar-refractivity contribution in [1.82, 2.24) is 9.55 Å². The molecular weight excluding hydrogens is 252 g/mol. The minimum atomic E-state index is -0.897. The van der Waals surface area contributed by atoms with Gasteiger partial charge in [0.15, 0.2) is 0 Å². The van der Waals surface area contributed by atoms with Gasteiger partial charge in [-0.15, -0.1) is 0 Å². The van der Waals surface area contributed by atoms with Crippen molar-refractivity contribution >= 4 is 17.0 Å². The molecule has 4 nitrogen and oxygen atoms in total. The Morgan fingerprint density at radius 1 is 1.40 bits per heavy atom. The molecule has 1 heterocycles. The van der Waals surface area contributed by atoms with Gasteiger partial charge in [0.05, 0.1) is 16.6 Å². The molecule has 1 aromatic carbocycles. The number of carboxylic acid groups (broad SMARTS) is 1. The summed E-state index contributed by atoms with van der Waals surface area (Å²) in [5, 5.41) is 9.11. The van der Waals surface area contributed by atoms with E-state index in [9.17, 15) is 4.79 Å². The van der Waals surface area contributed by atoms with Crippen molar-refractivity contribution in [3.8, 4) is 0 Å². The summed E-state index contributed by atoms with van der Waals surface area (Å²) in [5.41, 5.74) is 2.30. The van der Waals surface area contributed by atoms with Gasteiger partial charge in [-0.2, -0.15) is 0 Å². The largest absolute Gasteiger partial charge is 0.478 e. The van der Waals surface area contributed by atoms with E-state index in [0.29, 0.717) is 5.56 Å². The number of nitrogens with zero attached hydrogens (tertiary/aromatic N) is 2. The number of aryl methyl sites for hydroxylation is 1. The van der Waals surface area contributed by atoms with Gasteiger partial charge in [0, 0.05) is 12.0 Å². The van der Waals surface area contributed by atoms with Crippen LogP contribution < -0.4 is 0 Å². The summed E-state index contributed by atoms with van der Waals surface area (Å²) >= 11 is 0. The number of rotatable bonds is 3. The molecule has 1 N–H and O–H groups in total. The molecule has 0 amide bonds. The molecule has 1 saturated carbocycles. The Kier molecular flexibility index (Phi) is 3.04. The van der Waals surface area contributed by atoms with Crippen LogP contribution in [0.1, 0.15) is 55.7 Å². The maximum absolute atomic E-state index is 11.1. The number of benzene rings is 1. The molecule has 106 valence electrons. The number of carbonyl (C=O) groups is 1. The van der Waals surface area contributed by atoms with Crippen LogP contribution in [0.25, 0.3) is 11.0 Å². The number of aromatic carboxylic acids is 1. The molecule has 1 fully saturated rings. The van der Waals surface area contributed by atoms with Crippen molar-refractivity contribution in [2.24, 2.45) is 0 Å². The number of fused-ring (bicyclic) bond motifs is 1. The molecule has 2 aromatic rings. The van der Waals surface area contributed by atoms with Crippen molar-refractivity contribution in [3.05, 3.63) is 29.6 Å². The summed E-state index contributed by atoms with van der Waals surface area (Å²) in [6.07, 6.45) is 5.73.